The maximum atomic E-state index is 12.8. The Morgan fingerprint density at radius 1 is 0.395 bits per heavy atom. The molecule has 0 aromatic rings. The number of unbranched alkanes of at least 4 members (excludes halogenated alkanes) is 15. The molecule has 0 aromatic carbocycles. The molecule has 3 rings (SSSR count). The van der Waals surface area contributed by atoms with Crippen molar-refractivity contribution in [3.63, 3.8) is 0 Å². The Bertz CT molecular complexity index is 1800. The second kappa shape index (κ2) is 37.3. The van der Waals surface area contributed by atoms with Gasteiger partial charge in [0.25, 0.3) is 0 Å². The molecule has 0 spiro atoms. The van der Waals surface area contributed by atoms with Crippen LogP contribution in [0.2, 0.25) is 0 Å². The van der Waals surface area contributed by atoms with E-state index in [1.165, 1.54) is 64.2 Å². The summed E-state index contributed by atoms with van der Waals surface area (Å²) in [4.78, 5) is 65.7. The van der Waals surface area contributed by atoms with Gasteiger partial charge in [-0.15, -0.1) is 0 Å². The van der Waals surface area contributed by atoms with Crippen molar-refractivity contribution < 1.29 is 47.8 Å². The number of likely N-dealkylation sites (tertiary alicyclic amines) is 1. The smallest absolute Gasteiger partial charge is 0.306 e. The van der Waals surface area contributed by atoms with Crippen LogP contribution in [0.15, 0.2) is 0 Å². The third-order valence-electron chi connectivity index (χ3n) is 17.9. The van der Waals surface area contributed by atoms with Gasteiger partial charge in [-0.3, -0.25) is 33.8 Å². The van der Waals surface area contributed by atoms with E-state index >= 15 is 0 Å². The first-order valence-electron chi connectivity index (χ1n) is 35.1. The molecule has 3 heterocycles. The van der Waals surface area contributed by atoms with E-state index in [1.807, 2.05) is 0 Å². The molecule has 2 atom stereocenters. The maximum absolute atomic E-state index is 12.8. The first-order valence-corrected chi connectivity index (χ1v) is 35.1. The van der Waals surface area contributed by atoms with E-state index in [1.54, 1.807) is 0 Å². The van der Waals surface area contributed by atoms with Gasteiger partial charge in [0.05, 0.1) is 13.2 Å². The number of esters is 4. The van der Waals surface area contributed by atoms with Crippen molar-refractivity contribution in [1.29, 1.82) is 0 Å². The highest BCUT2D eigenvalue weighted by atomic mass is 16.7. The van der Waals surface area contributed by atoms with Crippen LogP contribution in [-0.2, 0) is 47.8 Å². The lowest BCUT2D eigenvalue weighted by Crippen LogP contribution is -2.63. The van der Waals surface area contributed by atoms with Gasteiger partial charge in [-0.1, -0.05) is 159 Å². The van der Waals surface area contributed by atoms with E-state index in [0.717, 1.165) is 116 Å². The van der Waals surface area contributed by atoms with Gasteiger partial charge in [0.1, 0.15) is 24.9 Å². The van der Waals surface area contributed by atoms with Crippen molar-refractivity contribution in [2.24, 2.45) is 22.7 Å². The molecule has 3 aliphatic heterocycles. The molecule has 0 aliphatic carbocycles. The zero-order chi connectivity index (χ0) is 65.2. The highest BCUT2D eigenvalue weighted by Gasteiger charge is 2.50. The number of carbonyl (C=O) groups is 4. The molecule has 3 saturated heterocycles. The van der Waals surface area contributed by atoms with E-state index in [-0.39, 0.29) is 86.3 Å². The number of ether oxygens (including phenoxy) is 4. The summed E-state index contributed by atoms with van der Waals surface area (Å²) in [6.45, 7) is 51.0. The molecule has 86 heavy (non-hydrogen) atoms. The first kappa shape index (κ1) is 79.8. The molecule has 0 bridgehead atoms. The Balaban J connectivity index is 0.000000642. The molecule has 506 valence electrons. The van der Waals surface area contributed by atoms with E-state index in [9.17, 15) is 19.2 Å². The summed E-state index contributed by atoms with van der Waals surface area (Å²) in [5.41, 5.74) is -0.691. The number of carbonyl (C=O) groups excluding carboxylic acids is 4. The summed E-state index contributed by atoms with van der Waals surface area (Å²) in [5.74, 6) is 0.275. The van der Waals surface area contributed by atoms with Crippen LogP contribution in [0.1, 0.15) is 345 Å². The number of piperidine rings is 3. The Morgan fingerprint density at radius 2 is 0.686 bits per heavy atom. The number of rotatable bonds is 37. The van der Waals surface area contributed by atoms with Crippen molar-refractivity contribution in [1.82, 2.24) is 15.0 Å². The van der Waals surface area contributed by atoms with Crippen LogP contribution in [0.4, 0.5) is 0 Å². The molecular weight excluding hydrogens is 1080 g/mol. The van der Waals surface area contributed by atoms with E-state index < -0.39 is 0 Å². The minimum absolute atomic E-state index is 0.0812. The van der Waals surface area contributed by atoms with Crippen molar-refractivity contribution in [2.45, 2.75) is 396 Å². The van der Waals surface area contributed by atoms with Gasteiger partial charge in [0.15, 0.2) is 0 Å². The Hall–Kier alpha value is -2.32. The fourth-order valence-corrected chi connectivity index (χ4v) is 15.3. The van der Waals surface area contributed by atoms with Crippen LogP contribution >= 0.6 is 0 Å². The largest absolute Gasteiger partial charge is 0.464 e. The van der Waals surface area contributed by atoms with Crippen LogP contribution in [0.5, 0.6) is 0 Å². The highest BCUT2D eigenvalue weighted by molar-refractivity contribution is 5.71. The first-order chi connectivity index (χ1) is 39.7. The van der Waals surface area contributed by atoms with Gasteiger partial charge in [-0.05, 0) is 144 Å². The summed E-state index contributed by atoms with van der Waals surface area (Å²) in [7, 11) is 0. The van der Waals surface area contributed by atoms with Crippen molar-refractivity contribution in [3.05, 3.63) is 0 Å². The average Bonchev–Trinajstić information content (AvgIpc) is 0.846. The SMILES string of the molecule is CC(CC(=O)OCCN1C(C)(C)CC(OC(=O)CC(C)CC(C)(C)C)CC1(C)C)CC(C)(C)C.CCCCCCCCON1C(C)(C)CC(OC(=O)CCCCCCCCC(=O)OC2CC(C)(C)N(OCCCCCCCC)C(C)(C)C2)CC1(C)C. The van der Waals surface area contributed by atoms with Gasteiger partial charge in [0, 0.05) is 104 Å². The number of hydrogen-bond donors (Lipinski definition) is 0. The van der Waals surface area contributed by atoms with Crippen molar-refractivity contribution in [3.8, 4) is 0 Å². The number of hydroxylamine groups is 4. The van der Waals surface area contributed by atoms with Gasteiger partial charge in [-0.2, -0.15) is 10.1 Å². The fraction of sp³-hybridized carbons (Fsp3) is 0.945. The standard InChI is InChI=1S/C44H84N2O6.C29H55NO4/c1-11-13-15-17-23-27-31-49-45-41(3,4)33-37(34-42(45,5)6)51-39(47)29-25-21-19-20-22-26-30-40(48)52-38-35-43(7,8)46(44(9,10)36-38)50-32-28-24-18-16-14-12-2;1-21(17-26(3,4)5)15-24(31)33-14-13-30-28(9,10)19-23(20-29(30,11)12)34-25(32)16-22(2)18-27(6,7)8/h37-38H,11-36H2,1-10H3;21-23H,13-20H2,1-12H3. The molecule has 0 saturated carbocycles. The zero-order valence-electron chi connectivity index (χ0n) is 60.4. The van der Waals surface area contributed by atoms with Gasteiger partial charge >= 0.3 is 23.9 Å². The monoisotopic (exact) mass is 1220 g/mol. The predicted molar refractivity (Wildman–Crippen MR) is 354 cm³/mol. The second-order valence-corrected chi connectivity index (χ2v) is 33.4. The van der Waals surface area contributed by atoms with Crippen LogP contribution in [0, 0.1) is 22.7 Å². The quantitative estimate of drug-likeness (QED) is 0.0332. The topological polar surface area (TPSA) is 133 Å². The third-order valence-corrected chi connectivity index (χ3v) is 17.9. The highest BCUT2D eigenvalue weighted by Crippen LogP contribution is 2.43. The zero-order valence-corrected chi connectivity index (χ0v) is 60.4. The second-order valence-electron chi connectivity index (χ2n) is 33.4. The summed E-state index contributed by atoms with van der Waals surface area (Å²) >= 11 is 0. The normalized spacial score (nSPS) is 20.8. The summed E-state index contributed by atoms with van der Waals surface area (Å²) in [5, 5.41) is 4.35. The predicted octanol–water partition coefficient (Wildman–Crippen LogP) is 18.8. The third kappa shape index (κ3) is 32.1. The minimum atomic E-state index is -0.201. The molecule has 3 aliphatic rings. The minimum Gasteiger partial charge on any atom is -0.464 e. The van der Waals surface area contributed by atoms with Gasteiger partial charge in [0.2, 0.25) is 0 Å². The molecule has 0 N–H and O–H groups in total. The van der Waals surface area contributed by atoms with Crippen molar-refractivity contribution in [2.75, 3.05) is 26.4 Å². The summed E-state index contributed by atoms with van der Waals surface area (Å²) < 4.78 is 23.6. The van der Waals surface area contributed by atoms with Crippen LogP contribution in [0.25, 0.3) is 0 Å². The molecule has 0 aromatic heterocycles. The molecule has 13 heteroatoms. The Morgan fingerprint density at radius 3 is 1.02 bits per heavy atom. The Labute approximate surface area is 530 Å². The van der Waals surface area contributed by atoms with Gasteiger partial charge < -0.3 is 18.9 Å². The Kier molecular flexibility index (Phi) is 34.6. The number of hydrogen-bond acceptors (Lipinski definition) is 13. The van der Waals surface area contributed by atoms with Crippen LogP contribution < -0.4 is 0 Å². The van der Waals surface area contributed by atoms with Crippen LogP contribution in [0.3, 0.4) is 0 Å². The molecular formula is C73H139N3O10. The molecule has 0 amide bonds. The molecule has 0 radical (unpaired) electrons. The van der Waals surface area contributed by atoms with E-state index in [4.69, 9.17) is 28.6 Å². The van der Waals surface area contributed by atoms with Crippen LogP contribution in [-0.4, -0.2) is 117 Å². The maximum Gasteiger partial charge on any atom is 0.306 e. The lowest BCUT2D eigenvalue weighted by atomic mass is 9.78. The van der Waals surface area contributed by atoms with E-state index in [0.29, 0.717) is 50.7 Å². The molecule has 3 fully saturated rings. The van der Waals surface area contributed by atoms with Gasteiger partial charge in [-0.25, -0.2) is 0 Å². The fourth-order valence-electron chi connectivity index (χ4n) is 15.3. The average molecular weight is 1220 g/mol. The lowest BCUT2D eigenvalue weighted by molar-refractivity contribution is -0.293. The summed E-state index contributed by atoms with van der Waals surface area (Å²) in [6, 6.07) is 0. The van der Waals surface area contributed by atoms with Crippen molar-refractivity contribution >= 4 is 23.9 Å². The molecule has 2 unspecified atom stereocenters. The number of nitrogens with zero attached hydrogens (tertiary/aromatic N) is 3. The summed E-state index contributed by atoms with van der Waals surface area (Å²) in [6.07, 6.45) is 29.2. The lowest BCUT2D eigenvalue weighted by Gasteiger charge is -2.54. The molecule has 13 nitrogen and oxygen atoms in total. The van der Waals surface area contributed by atoms with E-state index in [2.05, 4.69) is 167 Å².